The molecule has 0 aliphatic heterocycles. The Hall–Kier alpha value is -3.49. The predicted octanol–water partition coefficient (Wildman–Crippen LogP) is 2.38. The van der Waals surface area contributed by atoms with E-state index in [1.165, 1.54) is 0 Å². The molecule has 146 valence electrons. The van der Waals surface area contributed by atoms with E-state index in [1.54, 1.807) is 12.4 Å². The lowest BCUT2D eigenvalue weighted by Crippen LogP contribution is -2.29. The van der Waals surface area contributed by atoms with Crippen LogP contribution in [-0.2, 0) is 11.2 Å². The molecule has 9 heteroatoms. The molecule has 0 saturated carbocycles. The number of pyridine rings is 1. The summed E-state index contributed by atoms with van der Waals surface area (Å²) in [6.45, 7) is 4.80. The molecule has 0 spiro atoms. The van der Waals surface area contributed by atoms with Crippen LogP contribution in [0.2, 0.25) is 0 Å². The molecular formula is C19H23N7O2. The fraction of sp³-hybridized carbons (Fsp3) is 0.316. The highest BCUT2D eigenvalue weighted by Gasteiger charge is 2.10. The summed E-state index contributed by atoms with van der Waals surface area (Å²) in [4.78, 5) is 15.9. The van der Waals surface area contributed by atoms with Gasteiger partial charge in [-0.3, -0.25) is 9.78 Å². The lowest BCUT2D eigenvalue weighted by Gasteiger charge is -2.08. The normalized spacial score (nSPS) is 10.5. The summed E-state index contributed by atoms with van der Waals surface area (Å²) in [6, 6.07) is 7.36. The number of aryl methyl sites for hydroxylation is 2. The monoisotopic (exact) mass is 381 g/mol. The number of aromatic nitrogens is 4. The average Bonchev–Trinajstić information content (AvgIpc) is 3.03. The molecule has 0 aliphatic rings. The Balaban J connectivity index is 1.35. The Kier molecular flexibility index (Phi) is 6.50. The molecule has 1 amide bonds. The molecule has 3 aromatic rings. The van der Waals surface area contributed by atoms with Crippen molar-refractivity contribution in [3.63, 3.8) is 0 Å². The number of nitrogens with zero attached hydrogens (tertiary/aromatic N) is 4. The number of nitrogens with one attached hydrogen (secondary N) is 3. The Morgan fingerprint density at radius 2 is 1.79 bits per heavy atom. The van der Waals surface area contributed by atoms with E-state index in [0.717, 1.165) is 22.7 Å². The average molecular weight is 381 g/mol. The highest BCUT2D eigenvalue weighted by Crippen LogP contribution is 2.14. The number of anilines is 3. The van der Waals surface area contributed by atoms with Gasteiger partial charge in [0.15, 0.2) is 5.82 Å². The number of carbonyl (C=O) groups is 1. The molecule has 0 bridgehead atoms. The fourth-order valence-electron chi connectivity index (χ4n) is 2.65. The number of rotatable bonds is 9. The number of amides is 1. The molecule has 0 saturated heterocycles. The van der Waals surface area contributed by atoms with Crippen LogP contribution in [0.3, 0.4) is 0 Å². The van der Waals surface area contributed by atoms with Crippen LogP contribution < -0.4 is 16.0 Å². The van der Waals surface area contributed by atoms with Gasteiger partial charge in [-0.2, -0.15) is 0 Å². The first-order valence-corrected chi connectivity index (χ1v) is 9.05. The maximum atomic E-state index is 12.0. The third kappa shape index (κ3) is 5.50. The van der Waals surface area contributed by atoms with Crippen LogP contribution in [0.5, 0.6) is 0 Å². The Bertz CT molecular complexity index is 875. The molecule has 0 radical (unpaired) electrons. The highest BCUT2D eigenvalue weighted by molar-refractivity contribution is 5.76. The molecule has 3 aromatic heterocycles. The van der Waals surface area contributed by atoms with Crippen LogP contribution in [0, 0.1) is 13.8 Å². The molecule has 0 aliphatic carbocycles. The van der Waals surface area contributed by atoms with Crippen molar-refractivity contribution in [1.29, 1.82) is 0 Å². The lowest BCUT2D eigenvalue weighted by molar-refractivity contribution is -0.120. The first-order chi connectivity index (χ1) is 13.6. The summed E-state index contributed by atoms with van der Waals surface area (Å²) in [6.07, 6.45) is 4.43. The quantitative estimate of drug-likeness (QED) is 0.484. The van der Waals surface area contributed by atoms with Crippen LogP contribution >= 0.6 is 0 Å². The van der Waals surface area contributed by atoms with Gasteiger partial charge in [-0.1, -0.05) is 5.16 Å². The predicted molar refractivity (Wildman–Crippen MR) is 105 cm³/mol. The zero-order valence-corrected chi connectivity index (χ0v) is 15.9. The summed E-state index contributed by atoms with van der Waals surface area (Å²) >= 11 is 0. The van der Waals surface area contributed by atoms with E-state index >= 15 is 0 Å². The molecule has 28 heavy (non-hydrogen) atoms. The fourth-order valence-corrected chi connectivity index (χ4v) is 2.65. The van der Waals surface area contributed by atoms with Gasteiger partial charge in [-0.15, -0.1) is 10.2 Å². The number of hydrogen-bond donors (Lipinski definition) is 3. The van der Waals surface area contributed by atoms with Gasteiger partial charge in [0.1, 0.15) is 11.6 Å². The van der Waals surface area contributed by atoms with Crippen LogP contribution in [0.25, 0.3) is 0 Å². The zero-order chi connectivity index (χ0) is 19.8. The van der Waals surface area contributed by atoms with E-state index in [4.69, 9.17) is 4.52 Å². The second-order valence-electron chi connectivity index (χ2n) is 6.24. The van der Waals surface area contributed by atoms with E-state index in [9.17, 15) is 4.79 Å². The van der Waals surface area contributed by atoms with Gasteiger partial charge in [-0.05, 0) is 44.5 Å². The standard InChI is InChI=1S/C19H23N7O2/c1-13-16(14(2)28-26-13)3-6-19(27)22-12-11-21-17-4-5-18(25-24-17)23-15-7-9-20-10-8-15/h4-5,7-10H,3,6,11-12H2,1-2H3,(H,21,24)(H,22,27)(H,20,23,25). The molecule has 0 atom stereocenters. The van der Waals surface area contributed by atoms with Crippen LogP contribution in [-0.4, -0.2) is 39.3 Å². The second kappa shape index (κ2) is 9.45. The van der Waals surface area contributed by atoms with Crippen LogP contribution in [0.15, 0.2) is 41.2 Å². The van der Waals surface area contributed by atoms with Crippen molar-refractivity contribution in [2.75, 3.05) is 23.7 Å². The van der Waals surface area contributed by atoms with Gasteiger partial charge < -0.3 is 20.5 Å². The molecule has 0 unspecified atom stereocenters. The SMILES string of the molecule is Cc1noc(C)c1CCC(=O)NCCNc1ccc(Nc2ccncc2)nn1. The van der Waals surface area contributed by atoms with E-state index < -0.39 is 0 Å². The van der Waals surface area contributed by atoms with Crippen molar-refractivity contribution >= 4 is 23.2 Å². The maximum absolute atomic E-state index is 12.0. The minimum absolute atomic E-state index is 0.00946. The van der Waals surface area contributed by atoms with E-state index in [0.29, 0.717) is 37.6 Å². The Labute approximate surface area is 163 Å². The topological polar surface area (TPSA) is 118 Å². The van der Waals surface area contributed by atoms with Gasteiger partial charge in [0, 0.05) is 43.2 Å². The van der Waals surface area contributed by atoms with Gasteiger partial charge in [-0.25, -0.2) is 0 Å². The Morgan fingerprint density at radius 1 is 1.04 bits per heavy atom. The summed E-state index contributed by atoms with van der Waals surface area (Å²) in [5.41, 5.74) is 2.74. The lowest BCUT2D eigenvalue weighted by atomic mass is 10.1. The Morgan fingerprint density at radius 3 is 2.46 bits per heavy atom. The molecule has 0 aromatic carbocycles. The maximum Gasteiger partial charge on any atom is 0.220 e. The third-order valence-corrected chi connectivity index (χ3v) is 4.15. The van der Waals surface area contributed by atoms with Crippen molar-refractivity contribution in [2.24, 2.45) is 0 Å². The summed E-state index contributed by atoms with van der Waals surface area (Å²) in [5, 5.41) is 21.3. The summed E-state index contributed by atoms with van der Waals surface area (Å²) < 4.78 is 5.10. The van der Waals surface area contributed by atoms with Crippen molar-refractivity contribution in [3.05, 3.63) is 53.7 Å². The molecular weight excluding hydrogens is 358 g/mol. The van der Waals surface area contributed by atoms with E-state index in [1.807, 2.05) is 38.1 Å². The number of hydrogen-bond acceptors (Lipinski definition) is 8. The second-order valence-corrected chi connectivity index (χ2v) is 6.24. The van der Waals surface area contributed by atoms with Gasteiger partial charge in [0.25, 0.3) is 0 Å². The zero-order valence-electron chi connectivity index (χ0n) is 15.9. The van der Waals surface area contributed by atoms with Crippen molar-refractivity contribution in [2.45, 2.75) is 26.7 Å². The minimum atomic E-state index is -0.00946. The van der Waals surface area contributed by atoms with Crippen LogP contribution in [0.1, 0.15) is 23.4 Å². The first kappa shape index (κ1) is 19.3. The number of carbonyl (C=O) groups excluding carboxylic acids is 1. The molecule has 3 rings (SSSR count). The smallest absolute Gasteiger partial charge is 0.220 e. The minimum Gasteiger partial charge on any atom is -0.367 e. The summed E-state index contributed by atoms with van der Waals surface area (Å²) in [5.74, 6) is 2.05. The molecule has 3 N–H and O–H groups in total. The van der Waals surface area contributed by atoms with Crippen molar-refractivity contribution in [3.8, 4) is 0 Å². The largest absolute Gasteiger partial charge is 0.367 e. The highest BCUT2D eigenvalue weighted by atomic mass is 16.5. The molecule has 3 heterocycles. The third-order valence-electron chi connectivity index (χ3n) is 4.15. The molecule has 9 nitrogen and oxygen atoms in total. The van der Waals surface area contributed by atoms with Gasteiger partial charge in [0.05, 0.1) is 5.69 Å². The molecule has 0 fully saturated rings. The van der Waals surface area contributed by atoms with Gasteiger partial charge >= 0.3 is 0 Å². The van der Waals surface area contributed by atoms with Gasteiger partial charge in [0.2, 0.25) is 5.91 Å². The van der Waals surface area contributed by atoms with Crippen molar-refractivity contribution < 1.29 is 9.32 Å². The van der Waals surface area contributed by atoms with Crippen molar-refractivity contribution in [1.82, 2.24) is 25.7 Å². The van der Waals surface area contributed by atoms with E-state index in [2.05, 4.69) is 36.3 Å². The van der Waals surface area contributed by atoms with E-state index in [-0.39, 0.29) is 5.91 Å². The summed E-state index contributed by atoms with van der Waals surface area (Å²) in [7, 11) is 0. The van der Waals surface area contributed by atoms with Crippen LogP contribution in [0.4, 0.5) is 17.3 Å². The first-order valence-electron chi connectivity index (χ1n) is 9.05.